The third kappa shape index (κ3) is 1.83. The van der Waals surface area contributed by atoms with Crippen LogP contribution in [0.3, 0.4) is 0 Å². The van der Waals surface area contributed by atoms with Crippen LogP contribution in [0, 0.1) is 0 Å². The Morgan fingerprint density at radius 3 is 3.00 bits per heavy atom. The van der Waals surface area contributed by atoms with Crippen LogP contribution in [-0.4, -0.2) is 20.2 Å². The van der Waals surface area contributed by atoms with Gasteiger partial charge in [-0.15, -0.1) is 4.37 Å². The fourth-order valence-corrected chi connectivity index (χ4v) is 1.78. The molecule has 0 fully saturated rings. The van der Waals surface area contributed by atoms with E-state index in [9.17, 15) is 0 Å². The molecule has 0 bridgehead atoms. The Morgan fingerprint density at radius 2 is 2.56 bits per heavy atom. The van der Waals surface area contributed by atoms with Gasteiger partial charge in [0.15, 0.2) is 4.34 Å². The van der Waals surface area contributed by atoms with Gasteiger partial charge in [0.1, 0.15) is 0 Å². The molecular weight excluding hydrogens is 156 g/mol. The van der Waals surface area contributed by atoms with Crippen molar-refractivity contribution in [1.82, 2.24) is 9.36 Å². The van der Waals surface area contributed by atoms with E-state index < -0.39 is 0 Å². The molecule has 0 unspecified atom stereocenters. The molecule has 0 aliphatic heterocycles. The van der Waals surface area contributed by atoms with Gasteiger partial charge in [0.2, 0.25) is 0 Å². The standard InChI is InChI=1S/C4H6N2OS2/c1-2-8-4-5-3(7)6-9-4/h2H2,1H3,(H,6,7). The first-order valence-electron chi connectivity index (χ1n) is 2.48. The SMILES string of the molecule is CCSc1nc(O)ns1. The molecule has 0 aromatic carbocycles. The maximum absolute atomic E-state index is 8.65. The summed E-state index contributed by atoms with van der Waals surface area (Å²) in [5.41, 5.74) is 0. The quantitative estimate of drug-likeness (QED) is 0.667. The highest BCUT2D eigenvalue weighted by Gasteiger charge is 1.98. The van der Waals surface area contributed by atoms with E-state index in [0.29, 0.717) is 0 Å². The number of aromatic nitrogens is 2. The highest BCUT2D eigenvalue weighted by atomic mass is 32.2. The van der Waals surface area contributed by atoms with Crippen molar-refractivity contribution in [1.29, 1.82) is 0 Å². The summed E-state index contributed by atoms with van der Waals surface area (Å²) >= 11 is 2.81. The molecule has 0 saturated heterocycles. The van der Waals surface area contributed by atoms with Gasteiger partial charge in [-0.25, -0.2) is 0 Å². The molecule has 0 saturated carbocycles. The van der Waals surface area contributed by atoms with Crippen LogP contribution in [0.15, 0.2) is 4.34 Å². The first-order valence-corrected chi connectivity index (χ1v) is 4.24. The van der Waals surface area contributed by atoms with Crippen LogP contribution in [0.1, 0.15) is 6.92 Å². The van der Waals surface area contributed by atoms with Crippen LogP contribution in [0.25, 0.3) is 0 Å². The second kappa shape index (κ2) is 3.03. The second-order valence-corrected chi connectivity index (χ2v) is 3.56. The van der Waals surface area contributed by atoms with Crippen molar-refractivity contribution in [2.24, 2.45) is 0 Å². The summed E-state index contributed by atoms with van der Waals surface area (Å²) in [5, 5.41) is 8.65. The van der Waals surface area contributed by atoms with Gasteiger partial charge in [-0.3, -0.25) is 0 Å². The molecule has 1 N–H and O–H groups in total. The van der Waals surface area contributed by atoms with Gasteiger partial charge in [-0.05, 0) is 17.3 Å². The van der Waals surface area contributed by atoms with E-state index in [1.807, 2.05) is 6.92 Å². The largest absolute Gasteiger partial charge is 0.478 e. The van der Waals surface area contributed by atoms with Gasteiger partial charge in [-0.2, -0.15) is 4.98 Å². The van der Waals surface area contributed by atoms with Crippen LogP contribution in [-0.2, 0) is 0 Å². The molecule has 0 aliphatic rings. The van der Waals surface area contributed by atoms with E-state index in [2.05, 4.69) is 9.36 Å². The Labute approximate surface area is 61.3 Å². The molecule has 1 aromatic heterocycles. The van der Waals surface area contributed by atoms with Crippen molar-refractivity contribution in [3.05, 3.63) is 0 Å². The Balaban J connectivity index is 2.61. The highest BCUT2D eigenvalue weighted by Crippen LogP contribution is 2.21. The summed E-state index contributed by atoms with van der Waals surface area (Å²) in [5.74, 6) is 0.967. The van der Waals surface area contributed by atoms with Crippen LogP contribution in [0.2, 0.25) is 0 Å². The molecule has 0 atom stereocenters. The van der Waals surface area contributed by atoms with Crippen molar-refractivity contribution in [3.63, 3.8) is 0 Å². The minimum Gasteiger partial charge on any atom is -0.478 e. The fraction of sp³-hybridized carbons (Fsp3) is 0.500. The lowest BCUT2D eigenvalue weighted by molar-refractivity contribution is 0.436. The number of rotatable bonds is 2. The van der Waals surface area contributed by atoms with Gasteiger partial charge in [0, 0.05) is 0 Å². The maximum atomic E-state index is 8.65. The van der Waals surface area contributed by atoms with Gasteiger partial charge in [0.25, 0.3) is 0 Å². The lowest BCUT2D eigenvalue weighted by Crippen LogP contribution is -1.67. The second-order valence-electron chi connectivity index (χ2n) is 1.29. The summed E-state index contributed by atoms with van der Waals surface area (Å²) in [6.07, 6.45) is 0. The van der Waals surface area contributed by atoms with Gasteiger partial charge >= 0.3 is 6.01 Å². The molecular formula is C4H6N2OS2. The molecule has 3 nitrogen and oxygen atoms in total. The van der Waals surface area contributed by atoms with Crippen LogP contribution in [0.5, 0.6) is 6.01 Å². The highest BCUT2D eigenvalue weighted by molar-refractivity contribution is 8.00. The van der Waals surface area contributed by atoms with Crippen molar-refractivity contribution in [2.45, 2.75) is 11.3 Å². The van der Waals surface area contributed by atoms with E-state index in [1.165, 1.54) is 11.5 Å². The summed E-state index contributed by atoms with van der Waals surface area (Å²) in [6, 6.07) is -0.115. The molecule has 1 heterocycles. The third-order valence-electron chi connectivity index (χ3n) is 0.664. The zero-order chi connectivity index (χ0) is 6.69. The zero-order valence-electron chi connectivity index (χ0n) is 4.87. The summed E-state index contributed by atoms with van der Waals surface area (Å²) < 4.78 is 4.43. The molecule has 1 aromatic rings. The molecule has 5 heteroatoms. The average molecular weight is 162 g/mol. The number of aromatic hydroxyl groups is 1. The van der Waals surface area contributed by atoms with E-state index in [1.54, 1.807) is 11.8 Å². The van der Waals surface area contributed by atoms with Crippen molar-refractivity contribution in [2.75, 3.05) is 5.75 Å². The molecule has 0 radical (unpaired) electrons. The number of thioether (sulfide) groups is 1. The van der Waals surface area contributed by atoms with Gasteiger partial charge in [-0.1, -0.05) is 18.7 Å². The van der Waals surface area contributed by atoms with Crippen LogP contribution in [0.4, 0.5) is 0 Å². The monoisotopic (exact) mass is 162 g/mol. The van der Waals surface area contributed by atoms with Crippen molar-refractivity contribution >= 4 is 23.3 Å². The molecule has 50 valence electrons. The Kier molecular flexibility index (Phi) is 2.29. The molecule has 0 amide bonds. The molecule has 0 aliphatic carbocycles. The maximum Gasteiger partial charge on any atom is 0.326 e. The van der Waals surface area contributed by atoms with E-state index in [-0.39, 0.29) is 6.01 Å². The van der Waals surface area contributed by atoms with Gasteiger partial charge in [0.05, 0.1) is 0 Å². The molecule has 1 rings (SSSR count). The van der Waals surface area contributed by atoms with Crippen molar-refractivity contribution < 1.29 is 5.11 Å². The first-order chi connectivity index (χ1) is 4.33. The normalized spacial score (nSPS) is 9.89. The predicted molar refractivity (Wildman–Crippen MR) is 38.0 cm³/mol. The molecule has 0 spiro atoms. The minimum absolute atomic E-state index is 0.115. The minimum atomic E-state index is -0.115. The molecule has 9 heavy (non-hydrogen) atoms. The predicted octanol–water partition coefficient (Wildman–Crippen LogP) is 1.36. The van der Waals surface area contributed by atoms with Gasteiger partial charge < -0.3 is 5.11 Å². The summed E-state index contributed by atoms with van der Waals surface area (Å²) in [6.45, 7) is 2.03. The zero-order valence-corrected chi connectivity index (χ0v) is 6.50. The summed E-state index contributed by atoms with van der Waals surface area (Å²) in [7, 11) is 0. The lowest BCUT2D eigenvalue weighted by Gasteiger charge is -1.83. The van der Waals surface area contributed by atoms with E-state index >= 15 is 0 Å². The van der Waals surface area contributed by atoms with E-state index in [0.717, 1.165) is 10.1 Å². The fourth-order valence-electron chi connectivity index (χ4n) is 0.384. The summed E-state index contributed by atoms with van der Waals surface area (Å²) in [4.78, 5) is 3.73. The van der Waals surface area contributed by atoms with Crippen LogP contribution >= 0.6 is 23.3 Å². The van der Waals surface area contributed by atoms with Crippen molar-refractivity contribution in [3.8, 4) is 6.01 Å². The lowest BCUT2D eigenvalue weighted by atomic mass is 11.0. The Hall–Kier alpha value is -0.290. The number of hydrogen-bond donors (Lipinski definition) is 1. The first kappa shape index (κ1) is 6.82. The van der Waals surface area contributed by atoms with Crippen LogP contribution < -0.4 is 0 Å². The topological polar surface area (TPSA) is 46.0 Å². The third-order valence-corrected chi connectivity index (χ3v) is 2.37. The number of nitrogens with zero attached hydrogens (tertiary/aromatic N) is 2. The Bertz CT molecular complexity index is 188. The Morgan fingerprint density at radius 1 is 1.78 bits per heavy atom. The van der Waals surface area contributed by atoms with E-state index in [4.69, 9.17) is 5.11 Å². The average Bonchev–Trinajstić information content (AvgIpc) is 2.17. The number of hydrogen-bond acceptors (Lipinski definition) is 5. The smallest absolute Gasteiger partial charge is 0.326 e.